The van der Waals surface area contributed by atoms with Gasteiger partial charge in [-0.15, -0.1) is 24.8 Å². The molecule has 3 aromatic carbocycles. The van der Waals surface area contributed by atoms with Crippen molar-refractivity contribution in [2.24, 2.45) is 23.3 Å². The molecular formula is C30H36Cl2N4O2. The molecule has 8 heteroatoms. The minimum Gasteiger partial charge on any atom is -0.352 e. The Morgan fingerprint density at radius 2 is 1.00 bits per heavy atom. The molecule has 4 atom stereocenters. The molecule has 0 spiro atoms. The van der Waals surface area contributed by atoms with Gasteiger partial charge in [0.25, 0.3) is 0 Å². The Morgan fingerprint density at radius 1 is 0.632 bits per heavy atom. The molecule has 2 aliphatic carbocycles. The Bertz CT molecular complexity index is 1150. The lowest BCUT2D eigenvalue weighted by molar-refractivity contribution is -0.127. The molecule has 38 heavy (non-hydrogen) atoms. The van der Waals surface area contributed by atoms with Gasteiger partial charge in [-0.3, -0.25) is 9.59 Å². The molecular weight excluding hydrogens is 519 g/mol. The molecule has 3 aromatic rings. The Balaban J connectivity index is 0.00000200. The first-order chi connectivity index (χ1) is 17.5. The zero-order valence-corrected chi connectivity index (χ0v) is 22.9. The van der Waals surface area contributed by atoms with Crippen LogP contribution in [0.1, 0.15) is 58.3 Å². The summed E-state index contributed by atoms with van der Waals surface area (Å²) in [6, 6.07) is 23.6. The molecule has 0 aliphatic heterocycles. The fraction of sp³-hybridized carbons (Fsp3) is 0.333. The minimum atomic E-state index is -0.272. The van der Waals surface area contributed by atoms with E-state index in [1.807, 2.05) is 60.7 Å². The third kappa shape index (κ3) is 6.38. The van der Waals surface area contributed by atoms with Crippen molar-refractivity contribution in [3.05, 3.63) is 106 Å². The Hall–Kier alpha value is -2.90. The standard InChI is InChI=1S/C30H34N4O2.2ClH/c31-27-23-7-3-1-5-21(23)13-15-25(27)29(35)33-17-19-9-11-20(12-10-19)18-34-30(36)26-16-14-22-6-2-4-8-24(22)28(26)32;;/h1-12,25-28H,13-18,31-32H2,(H,33,35)(H,34,36);2*1H/t25-,26-,27+,28+;;/m1../s1. The van der Waals surface area contributed by atoms with E-state index in [0.29, 0.717) is 13.1 Å². The molecule has 6 nitrogen and oxygen atoms in total. The van der Waals surface area contributed by atoms with Gasteiger partial charge in [-0.05, 0) is 59.1 Å². The maximum absolute atomic E-state index is 12.8. The van der Waals surface area contributed by atoms with Gasteiger partial charge in [-0.2, -0.15) is 0 Å². The van der Waals surface area contributed by atoms with E-state index in [9.17, 15) is 9.59 Å². The maximum Gasteiger partial charge on any atom is 0.225 e. The van der Waals surface area contributed by atoms with Gasteiger partial charge in [-0.25, -0.2) is 0 Å². The quantitative estimate of drug-likeness (QED) is 0.364. The number of rotatable bonds is 6. The predicted molar refractivity (Wildman–Crippen MR) is 155 cm³/mol. The lowest BCUT2D eigenvalue weighted by atomic mass is 9.79. The molecule has 6 N–H and O–H groups in total. The van der Waals surface area contributed by atoms with E-state index in [0.717, 1.165) is 47.9 Å². The van der Waals surface area contributed by atoms with Crippen LogP contribution in [0, 0.1) is 11.8 Å². The Labute approximate surface area is 236 Å². The molecule has 0 fully saturated rings. The SMILES string of the molecule is Cl.Cl.N[C@H]1c2ccccc2CC[C@H]1C(=O)NCc1ccc(CNC(=O)[C@@H]2CCc3ccccc3[C@@H]2N)cc1. The summed E-state index contributed by atoms with van der Waals surface area (Å²) in [6.07, 6.45) is 3.28. The summed E-state index contributed by atoms with van der Waals surface area (Å²) in [7, 11) is 0. The lowest BCUT2D eigenvalue weighted by Gasteiger charge is -2.30. The molecule has 0 heterocycles. The third-order valence-corrected chi connectivity index (χ3v) is 7.77. The summed E-state index contributed by atoms with van der Waals surface area (Å²) in [6.45, 7) is 0.902. The monoisotopic (exact) mass is 554 g/mol. The van der Waals surface area contributed by atoms with E-state index < -0.39 is 0 Å². The summed E-state index contributed by atoms with van der Waals surface area (Å²) in [5, 5.41) is 6.11. The van der Waals surface area contributed by atoms with Crippen molar-refractivity contribution in [3.63, 3.8) is 0 Å². The topological polar surface area (TPSA) is 110 Å². The van der Waals surface area contributed by atoms with Gasteiger partial charge in [-0.1, -0.05) is 72.8 Å². The summed E-state index contributed by atoms with van der Waals surface area (Å²) in [4.78, 5) is 25.7. The van der Waals surface area contributed by atoms with Crippen molar-refractivity contribution in [3.8, 4) is 0 Å². The summed E-state index contributed by atoms with van der Waals surface area (Å²) >= 11 is 0. The highest BCUT2D eigenvalue weighted by Crippen LogP contribution is 2.33. The fourth-order valence-electron chi connectivity index (χ4n) is 5.59. The van der Waals surface area contributed by atoms with Crippen LogP contribution in [0.5, 0.6) is 0 Å². The lowest BCUT2D eigenvalue weighted by Crippen LogP contribution is -2.39. The van der Waals surface area contributed by atoms with Crippen LogP contribution in [0.4, 0.5) is 0 Å². The molecule has 0 saturated heterocycles. The Morgan fingerprint density at radius 3 is 1.39 bits per heavy atom. The highest BCUT2D eigenvalue weighted by atomic mass is 35.5. The number of fused-ring (bicyclic) bond motifs is 2. The average Bonchev–Trinajstić information content (AvgIpc) is 2.91. The number of nitrogens with one attached hydrogen (secondary N) is 2. The van der Waals surface area contributed by atoms with Crippen LogP contribution in [0.15, 0.2) is 72.8 Å². The van der Waals surface area contributed by atoms with E-state index in [1.165, 1.54) is 11.1 Å². The summed E-state index contributed by atoms with van der Waals surface area (Å²) in [5.74, 6) is -0.433. The van der Waals surface area contributed by atoms with E-state index in [1.54, 1.807) is 0 Å². The molecule has 202 valence electrons. The molecule has 0 bridgehead atoms. The number of aryl methyl sites for hydroxylation is 2. The Kier molecular flexibility index (Phi) is 10.3. The van der Waals surface area contributed by atoms with E-state index in [2.05, 4.69) is 22.8 Å². The van der Waals surface area contributed by atoms with E-state index in [4.69, 9.17) is 11.5 Å². The molecule has 2 amide bonds. The zero-order valence-electron chi connectivity index (χ0n) is 21.3. The number of hydrogen-bond donors (Lipinski definition) is 4. The van der Waals surface area contributed by atoms with Crippen molar-refractivity contribution in [2.75, 3.05) is 0 Å². The molecule has 0 aromatic heterocycles. The number of amides is 2. The van der Waals surface area contributed by atoms with Gasteiger partial charge < -0.3 is 22.1 Å². The van der Waals surface area contributed by atoms with Gasteiger partial charge in [0, 0.05) is 25.2 Å². The number of benzene rings is 3. The molecule has 0 unspecified atom stereocenters. The van der Waals surface area contributed by atoms with Gasteiger partial charge >= 0.3 is 0 Å². The number of nitrogens with two attached hydrogens (primary N) is 2. The molecule has 5 rings (SSSR count). The van der Waals surface area contributed by atoms with E-state index in [-0.39, 0.29) is 60.5 Å². The first-order valence-electron chi connectivity index (χ1n) is 12.8. The molecule has 0 saturated carbocycles. The van der Waals surface area contributed by atoms with Gasteiger partial charge in [0.2, 0.25) is 11.8 Å². The minimum absolute atomic E-state index is 0. The van der Waals surface area contributed by atoms with Gasteiger partial charge in [0.15, 0.2) is 0 Å². The van der Waals surface area contributed by atoms with Crippen molar-refractivity contribution in [2.45, 2.75) is 50.9 Å². The number of halogens is 2. The van der Waals surface area contributed by atoms with Crippen LogP contribution in [0.3, 0.4) is 0 Å². The second-order valence-corrected chi connectivity index (χ2v) is 9.99. The number of hydrogen-bond acceptors (Lipinski definition) is 4. The smallest absolute Gasteiger partial charge is 0.225 e. The van der Waals surface area contributed by atoms with Crippen LogP contribution in [0.2, 0.25) is 0 Å². The van der Waals surface area contributed by atoms with Gasteiger partial charge in [0.05, 0.1) is 11.8 Å². The van der Waals surface area contributed by atoms with Crippen LogP contribution in [-0.2, 0) is 35.5 Å². The van der Waals surface area contributed by atoms with E-state index >= 15 is 0 Å². The normalized spacial score (nSPS) is 21.5. The highest BCUT2D eigenvalue weighted by molar-refractivity contribution is 5.85. The maximum atomic E-state index is 12.8. The number of carbonyl (C=O) groups excluding carboxylic acids is 2. The van der Waals surface area contributed by atoms with Gasteiger partial charge in [0.1, 0.15) is 0 Å². The second-order valence-electron chi connectivity index (χ2n) is 9.99. The first-order valence-corrected chi connectivity index (χ1v) is 12.8. The molecule has 0 radical (unpaired) electrons. The van der Waals surface area contributed by atoms with Crippen LogP contribution < -0.4 is 22.1 Å². The largest absolute Gasteiger partial charge is 0.352 e. The van der Waals surface area contributed by atoms with Crippen molar-refractivity contribution in [1.29, 1.82) is 0 Å². The van der Waals surface area contributed by atoms with Crippen LogP contribution in [-0.4, -0.2) is 11.8 Å². The average molecular weight is 556 g/mol. The number of carbonyl (C=O) groups is 2. The predicted octanol–water partition coefficient (Wildman–Crippen LogP) is 4.29. The highest BCUT2D eigenvalue weighted by Gasteiger charge is 2.32. The summed E-state index contributed by atoms with van der Waals surface area (Å²) in [5.41, 5.74) is 19.5. The second kappa shape index (κ2) is 13.3. The fourth-order valence-corrected chi connectivity index (χ4v) is 5.59. The van der Waals surface area contributed by atoms with Crippen molar-refractivity contribution in [1.82, 2.24) is 10.6 Å². The molecule has 2 aliphatic rings. The van der Waals surface area contributed by atoms with Crippen LogP contribution in [0.25, 0.3) is 0 Å². The van der Waals surface area contributed by atoms with Crippen molar-refractivity contribution >= 4 is 36.6 Å². The third-order valence-electron chi connectivity index (χ3n) is 7.77. The summed E-state index contributed by atoms with van der Waals surface area (Å²) < 4.78 is 0. The zero-order chi connectivity index (χ0) is 25.1. The van der Waals surface area contributed by atoms with Crippen molar-refractivity contribution < 1.29 is 9.59 Å². The van der Waals surface area contributed by atoms with Crippen LogP contribution >= 0.6 is 24.8 Å². The first kappa shape index (κ1) is 29.7.